The number of amides is 1. The molecule has 6 nitrogen and oxygen atoms in total. The Balaban J connectivity index is 1.53. The molecule has 1 N–H and O–H groups in total. The van der Waals surface area contributed by atoms with Crippen LogP contribution in [-0.4, -0.2) is 31.2 Å². The Kier molecular flexibility index (Phi) is 4.61. The second-order valence-electron chi connectivity index (χ2n) is 6.15. The van der Waals surface area contributed by atoms with Crippen molar-refractivity contribution in [2.24, 2.45) is 0 Å². The zero-order valence-electron chi connectivity index (χ0n) is 14.9. The van der Waals surface area contributed by atoms with E-state index in [4.69, 9.17) is 9.47 Å². The monoisotopic (exact) mass is 361 g/mol. The second-order valence-corrected chi connectivity index (χ2v) is 6.15. The van der Waals surface area contributed by atoms with Crippen molar-refractivity contribution in [3.63, 3.8) is 0 Å². The topological polar surface area (TPSA) is 63.7 Å². The molecule has 0 unspecified atom stereocenters. The lowest BCUT2D eigenvalue weighted by Crippen LogP contribution is -2.26. The molecule has 136 valence electrons. The number of carbonyl (C=O) groups is 1. The van der Waals surface area contributed by atoms with Crippen LogP contribution in [0.3, 0.4) is 0 Å². The average molecular weight is 361 g/mol. The van der Waals surface area contributed by atoms with Gasteiger partial charge in [-0.3, -0.25) is 9.78 Å². The molecule has 0 saturated heterocycles. The number of para-hydroxylation sites is 1. The van der Waals surface area contributed by atoms with E-state index in [0.29, 0.717) is 24.5 Å². The van der Waals surface area contributed by atoms with Crippen molar-refractivity contribution in [1.82, 2.24) is 4.98 Å². The SMILES string of the molecule is CN(C(=O)c1cncc(Nc2ccc3c(c2)OCCO3)c1)c1ccccc1. The number of carbonyl (C=O) groups excluding carboxylic acids is 1. The fourth-order valence-corrected chi connectivity index (χ4v) is 2.88. The van der Waals surface area contributed by atoms with Gasteiger partial charge in [-0.2, -0.15) is 0 Å². The Hall–Kier alpha value is -3.54. The van der Waals surface area contributed by atoms with Crippen LogP contribution in [0.1, 0.15) is 10.4 Å². The van der Waals surface area contributed by atoms with E-state index in [1.165, 1.54) is 0 Å². The van der Waals surface area contributed by atoms with Crippen LogP contribution < -0.4 is 19.7 Å². The summed E-state index contributed by atoms with van der Waals surface area (Å²) in [5, 5.41) is 3.26. The van der Waals surface area contributed by atoms with Gasteiger partial charge in [0.15, 0.2) is 11.5 Å². The van der Waals surface area contributed by atoms with Crippen molar-refractivity contribution in [2.45, 2.75) is 0 Å². The lowest BCUT2D eigenvalue weighted by atomic mass is 10.2. The molecule has 27 heavy (non-hydrogen) atoms. The summed E-state index contributed by atoms with van der Waals surface area (Å²) < 4.78 is 11.1. The summed E-state index contributed by atoms with van der Waals surface area (Å²) in [4.78, 5) is 18.6. The third-order valence-electron chi connectivity index (χ3n) is 4.26. The van der Waals surface area contributed by atoms with E-state index in [-0.39, 0.29) is 5.91 Å². The van der Waals surface area contributed by atoms with E-state index < -0.39 is 0 Å². The van der Waals surface area contributed by atoms with Crippen LogP contribution in [0.5, 0.6) is 11.5 Å². The molecular weight excluding hydrogens is 342 g/mol. The summed E-state index contributed by atoms with van der Waals surface area (Å²) in [6.45, 7) is 1.09. The molecule has 0 spiro atoms. The number of ether oxygens (including phenoxy) is 2. The highest BCUT2D eigenvalue weighted by Crippen LogP contribution is 2.33. The molecule has 3 aromatic rings. The maximum atomic E-state index is 12.8. The van der Waals surface area contributed by atoms with Gasteiger partial charge in [0.2, 0.25) is 0 Å². The zero-order valence-corrected chi connectivity index (χ0v) is 14.9. The van der Waals surface area contributed by atoms with Crippen LogP contribution in [0, 0.1) is 0 Å². The minimum atomic E-state index is -0.125. The van der Waals surface area contributed by atoms with Crippen LogP contribution in [-0.2, 0) is 0 Å². The molecule has 1 amide bonds. The number of fused-ring (bicyclic) bond motifs is 1. The largest absolute Gasteiger partial charge is 0.486 e. The quantitative estimate of drug-likeness (QED) is 0.764. The summed E-state index contributed by atoms with van der Waals surface area (Å²) in [5.74, 6) is 1.31. The van der Waals surface area contributed by atoms with Crippen molar-refractivity contribution in [3.05, 3.63) is 72.6 Å². The van der Waals surface area contributed by atoms with Gasteiger partial charge in [0.25, 0.3) is 5.91 Å². The van der Waals surface area contributed by atoms with Crippen LogP contribution in [0.2, 0.25) is 0 Å². The number of aromatic nitrogens is 1. The van der Waals surface area contributed by atoms with Gasteiger partial charge in [0.05, 0.1) is 17.4 Å². The minimum absolute atomic E-state index is 0.125. The molecule has 6 heteroatoms. The molecule has 4 rings (SSSR count). The molecule has 0 atom stereocenters. The van der Waals surface area contributed by atoms with E-state index in [2.05, 4.69) is 10.3 Å². The number of anilines is 3. The number of rotatable bonds is 4. The van der Waals surface area contributed by atoms with Gasteiger partial charge in [-0.25, -0.2) is 0 Å². The van der Waals surface area contributed by atoms with E-state index in [0.717, 1.165) is 22.8 Å². The molecule has 0 saturated carbocycles. The van der Waals surface area contributed by atoms with Gasteiger partial charge in [-0.15, -0.1) is 0 Å². The zero-order chi connectivity index (χ0) is 18.6. The van der Waals surface area contributed by atoms with Crippen molar-refractivity contribution in [1.29, 1.82) is 0 Å². The fourth-order valence-electron chi connectivity index (χ4n) is 2.88. The third-order valence-corrected chi connectivity index (χ3v) is 4.26. The standard InChI is InChI=1S/C21H19N3O3/c1-24(18-5-3-2-4-6-18)21(25)15-11-17(14-22-13-15)23-16-7-8-19-20(12-16)27-10-9-26-19/h2-8,11-14,23H,9-10H2,1H3. The molecular formula is C21H19N3O3. The lowest BCUT2D eigenvalue weighted by Gasteiger charge is -2.19. The van der Waals surface area contributed by atoms with Gasteiger partial charge in [0, 0.05) is 30.7 Å². The molecule has 0 radical (unpaired) electrons. The maximum Gasteiger partial charge on any atom is 0.259 e. The molecule has 1 aliphatic rings. The summed E-state index contributed by atoms with van der Waals surface area (Å²) in [6.07, 6.45) is 3.24. The molecule has 1 aliphatic heterocycles. The molecule has 0 fully saturated rings. The summed E-state index contributed by atoms with van der Waals surface area (Å²) >= 11 is 0. The highest BCUT2D eigenvalue weighted by Gasteiger charge is 2.15. The van der Waals surface area contributed by atoms with Gasteiger partial charge in [-0.1, -0.05) is 18.2 Å². The number of nitrogens with one attached hydrogen (secondary N) is 1. The van der Waals surface area contributed by atoms with Crippen LogP contribution in [0.25, 0.3) is 0 Å². The minimum Gasteiger partial charge on any atom is -0.486 e. The average Bonchev–Trinajstić information content (AvgIpc) is 2.73. The first-order chi connectivity index (χ1) is 13.2. The van der Waals surface area contributed by atoms with Crippen molar-refractivity contribution >= 4 is 23.0 Å². The summed E-state index contributed by atoms with van der Waals surface area (Å²) in [5.41, 5.74) is 2.89. The number of hydrogen-bond acceptors (Lipinski definition) is 5. The summed E-state index contributed by atoms with van der Waals surface area (Å²) in [7, 11) is 1.75. The van der Waals surface area contributed by atoms with E-state index in [1.54, 1.807) is 30.4 Å². The van der Waals surface area contributed by atoms with Crippen LogP contribution in [0.4, 0.5) is 17.1 Å². The number of nitrogens with zero attached hydrogens (tertiary/aromatic N) is 2. The lowest BCUT2D eigenvalue weighted by molar-refractivity contribution is 0.0992. The first-order valence-electron chi connectivity index (χ1n) is 8.65. The number of benzene rings is 2. The van der Waals surface area contributed by atoms with Gasteiger partial charge in [0.1, 0.15) is 13.2 Å². The highest BCUT2D eigenvalue weighted by molar-refractivity contribution is 6.06. The summed E-state index contributed by atoms with van der Waals surface area (Å²) in [6, 6.07) is 16.9. The Morgan fingerprint density at radius 3 is 2.56 bits per heavy atom. The van der Waals surface area contributed by atoms with Crippen LogP contribution >= 0.6 is 0 Å². The van der Waals surface area contributed by atoms with Gasteiger partial charge in [-0.05, 0) is 30.3 Å². The molecule has 0 bridgehead atoms. The molecule has 2 aromatic carbocycles. The van der Waals surface area contributed by atoms with Crippen molar-refractivity contribution in [3.8, 4) is 11.5 Å². The maximum absolute atomic E-state index is 12.8. The fraction of sp³-hybridized carbons (Fsp3) is 0.143. The first kappa shape index (κ1) is 16.9. The first-order valence-corrected chi connectivity index (χ1v) is 8.65. The Labute approximate surface area is 157 Å². The predicted octanol–water partition coefficient (Wildman–Crippen LogP) is 3.87. The normalized spacial score (nSPS) is 12.3. The smallest absolute Gasteiger partial charge is 0.259 e. The van der Waals surface area contributed by atoms with E-state index in [9.17, 15) is 4.79 Å². The highest BCUT2D eigenvalue weighted by atomic mass is 16.6. The van der Waals surface area contributed by atoms with E-state index in [1.807, 2.05) is 48.5 Å². The second kappa shape index (κ2) is 7.37. The Bertz CT molecular complexity index is 960. The van der Waals surface area contributed by atoms with Gasteiger partial charge >= 0.3 is 0 Å². The van der Waals surface area contributed by atoms with E-state index >= 15 is 0 Å². The van der Waals surface area contributed by atoms with Crippen LogP contribution in [0.15, 0.2) is 67.0 Å². The Morgan fingerprint density at radius 1 is 0.963 bits per heavy atom. The van der Waals surface area contributed by atoms with Gasteiger partial charge < -0.3 is 19.7 Å². The number of pyridine rings is 1. The molecule has 1 aromatic heterocycles. The Morgan fingerprint density at radius 2 is 1.74 bits per heavy atom. The predicted molar refractivity (Wildman–Crippen MR) is 104 cm³/mol. The molecule has 0 aliphatic carbocycles. The molecule has 2 heterocycles. The number of hydrogen-bond donors (Lipinski definition) is 1. The van der Waals surface area contributed by atoms with Crippen molar-refractivity contribution < 1.29 is 14.3 Å². The van der Waals surface area contributed by atoms with Crippen molar-refractivity contribution in [2.75, 3.05) is 30.5 Å². The third kappa shape index (κ3) is 3.69.